The lowest BCUT2D eigenvalue weighted by molar-refractivity contribution is -0.140. The fourth-order valence-electron chi connectivity index (χ4n) is 3.89. The molecule has 3 aromatic carbocycles. The summed E-state index contributed by atoms with van der Waals surface area (Å²) in [5, 5.41) is 2.98. The Morgan fingerprint density at radius 2 is 1.63 bits per heavy atom. The quantitative estimate of drug-likeness (QED) is 0.377. The molecule has 0 bridgehead atoms. The lowest BCUT2D eigenvalue weighted by Crippen LogP contribution is -2.51. The van der Waals surface area contributed by atoms with E-state index in [1.807, 2.05) is 42.5 Å². The van der Waals surface area contributed by atoms with Crippen LogP contribution < -0.4 is 10.1 Å². The van der Waals surface area contributed by atoms with Gasteiger partial charge in [-0.3, -0.25) is 9.59 Å². The summed E-state index contributed by atoms with van der Waals surface area (Å²) >= 11 is 0. The molecule has 6 heteroatoms. The number of halogens is 1. The van der Waals surface area contributed by atoms with Crippen molar-refractivity contribution >= 4 is 11.8 Å². The average Bonchev–Trinajstić information content (AvgIpc) is 2.88. The maximum Gasteiger partial charge on any atom is 0.243 e. The first-order valence-electron chi connectivity index (χ1n) is 12.0. The number of rotatable bonds is 12. The minimum Gasteiger partial charge on any atom is -0.497 e. The Morgan fingerprint density at radius 3 is 2.29 bits per heavy atom. The van der Waals surface area contributed by atoms with Crippen LogP contribution in [-0.4, -0.2) is 36.4 Å². The molecule has 0 fully saturated rings. The molecule has 0 aromatic heterocycles. The average molecular weight is 477 g/mol. The summed E-state index contributed by atoms with van der Waals surface area (Å²) in [6.07, 6.45) is 2.21. The molecule has 0 saturated carbocycles. The van der Waals surface area contributed by atoms with Crippen molar-refractivity contribution in [2.75, 3.05) is 13.7 Å². The predicted octanol–water partition coefficient (Wildman–Crippen LogP) is 4.93. The molecule has 3 aromatic rings. The van der Waals surface area contributed by atoms with Gasteiger partial charge in [0, 0.05) is 25.1 Å². The number of hydrogen-bond acceptors (Lipinski definition) is 3. The fourth-order valence-corrected chi connectivity index (χ4v) is 3.89. The van der Waals surface area contributed by atoms with Crippen LogP contribution in [0.3, 0.4) is 0 Å². The largest absolute Gasteiger partial charge is 0.497 e. The van der Waals surface area contributed by atoms with E-state index in [4.69, 9.17) is 4.74 Å². The zero-order valence-electron chi connectivity index (χ0n) is 20.4. The van der Waals surface area contributed by atoms with Crippen molar-refractivity contribution in [1.82, 2.24) is 10.2 Å². The van der Waals surface area contributed by atoms with Gasteiger partial charge in [-0.1, -0.05) is 74.0 Å². The lowest BCUT2D eigenvalue weighted by Gasteiger charge is -2.32. The Bertz CT molecular complexity index is 1090. The third kappa shape index (κ3) is 7.67. The third-order valence-electron chi connectivity index (χ3n) is 5.91. The van der Waals surface area contributed by atoms with Crippen LogP contribution in [0, 0.1) is 5.82 Å². The monoisotopic (exact) mass is 476 g/mol. The zero-order valence-corrected chi connectivity index (χ0v) is 20.4. The Labute approximate surface area is 206 Å². The van der Waals surface area contributed by atoms with Gasteiger partial charge >= 0.3 is 0 Å². The van der Waals surface area contributed by atoms with E-state index in [0.717, 1.165) is 24.0 Å². The smallest absolute Gasteiger partial charge is 0.243 e. The number of nitrogens with one attached hydrogen (secondary N) is 1. The molecule has 0 aliphatic carbocycles. The second kappa shape index (κ2) is 13.3. The van der Waals surface area contributed by atoms with Crippen molar-refractivity contribution in [2.24, 2.45) is 0 Å². The van der Waals surface area contributed by atoms with Gasteiger partial charge in [0.2, 0.25) is 11.8 Å². The highest BCUT2D eigenvalue weighted by Gasteiger charge is 2.30. The first-order valence-corrected chi connectivity index (χ1v) is 12.0. The van der Waals surface area contributed by atoms with E-state index in [-0.39, 0.29) is 24.8 Å². The summed E-state index contributed by atoms with van der Waals surface area (Å²) in [6.45, 7) is 2.58. The Kier molecular flexibility index (Phi) is 9.84. The first-order chi connectivity index (χ1) is 17.0. The topological polar surface area (TPSA) is 58.6 Å². The molecule has 0 heterocycles. The molecule has 0 aliphatic rings. The van der Waals surface area contributed by atoms with Crippen LogP contribution in [0.5, 0.6) is 5.75 Å². The molecule has 1 unspecified atom stereocenters. The molecule has 3 rings (SSSR count). The van der Waals surface area contributed by atoms with E-state index >= 15 is 0 Å². The number of benzene rings is 3. The molecule has 1 atom stereocenters. The van der Waals surface area contributed by atoms with Crippen molar-refractivity contribution in [1.29, 1.82) is 0 Å². The number of nitrogens with zero attached hydrogens (tertiary/aromatic N) is 1. The fraction of sp³-hybridized carbons (Fsp3) is 0.310. The van der Waals surface area contributed by atoms with Crippen LogP contribution in [-0.2, 0) is 29.0 Å². The Morgan fingerprint density at radius 1 is 0.943 bits per heavy atom. The van der Waals surface area contributed by atoms with Gasteiger partial charge in [0.15, 0.2) is 0 Å². The van der Waals surface area contributed by atoms with Crippen molar-refractivity contribution < 1.29 is 18.7 Å². The summed E-state index contributed by atoms with van der Waals surface area (Å²) in [4.78, 5) is 28.5. The van der Waals surface area contributed by atoms with E-state index in [2.05, 4.69) is 12.2 Å². The Balaban J connectivity index is 1.93. The Hall–Kier alpha value is -3.67. The summed E-state index contributed by atoms with van der Waals surface area (Å²) < 4.78 is 19.8. The molecule has 1 N–H and O–H groups in total. The predicted molar refractivity (Wildman–Crippen MR) is 135 cm³/mol. The lowest BCUT2D eigenvalue weighted by atomic mass is 10.0. The van der Waals surface area contributed by atoms with Gasteiger partial charge < -0.3 is 15.0 Å². The second-order valence-corrected chi connectivity index (χ2v) is 8.49. The summed E-state index contributed by atoms with van der Waals surface area (Å²) in [5.74, 6) is -0.187. The number of hydrogen-bond donors (Lipinski definition) is 1. The summed E-state index contributed by atoms with van der Waals surface area (Å²) in [5.41, 5.74) is 2.09. The number of ether oxygens (including phenoxy) is 1. The minimum absolute atomic E-state index is 0.000357. The number of methoxy groups -OCH3 is 1. The van der Waals surface area contributed by atoms with Gasteiger partial charge in [0.05, 0.1) is 13.5 Å². The standard InChI is InChI=1S/C29H33FN2O3/c1-3-4-18-31-29(34)27(19-22-10-6-5-7-11-22)32(21-24-12-8-9-13-26(24)30)28(33)20-23-14-16-25(35-2)17-15-23/h5-17,27H,3-4,18-21H2,1-2H3,(H,31,34). The van der Waals surface area contributed by atoms with Crippen molar-refractivity contribution in [3.63, 3.8) is 0 Å². The summed E-state index contributed by atoms with van der Waals surface area (Å²) in [7, 11) is 1.58. The van der Waals surface area contributed by atoms with Crippen molar-refractivity contribution in [3.05, 3.63) is 101 Å². The van der Waals surface area contributed by atoms with E-state index < -0.39 is 11.9 Å². The van der Waals surface area contributed by atoms with Crippen LogP contribution in [0.15, 0.2) is 78.9 Å². The van der Waals surface area contributed by atoms with Crippen LogP contribution in [0.1, 0.15) is 36.5 Å². The normalized spacial score (nSPS) is 11.5. The van der Waals surface area contributed by atoms with E-state index in [0.29, 0.717) is 24.3 Å². The molecule has 5 nitrogen and oxygen atoms in total. The molecule has 35 heavy (non-hydrogen) atoms. The molecule has 0 saturated heterocycles. The molecule has 0 spiro atoms. The molecule has 0 radical (unpaired) electrons. The molecule has 2 amide bonds. The maximum absolute atomic E-state index is 14.6. The summed E-state index contributed by atoms with van der Waals surface area (Å²) in [6, 6.07) is 22.4. The molecular formula is C29H33FN2O3. The van der Waals surface area contributed by atoms with E-state index in [1.54, 1.807) is 37.4 Å². The molecule has 184 valence electrons. The van der Waals surface area contributed by atoms with Crippen LogP contribution >= 0.6 is 0 Å². The first kappa shape index (κ1) is 25.9. The van der Waals surface area contributed by atoms with Gasteiger partial charge in [-0.25, -0.2) is 4.39 Å². The van der Waals surface area contributed by atoms with Crippen LogP contribution in [0.2, 0.25) is 0 Å². The van der Waals surface area contributed by atoms with E-state index in [1.165, 1.54) is 11.0 Å². The van der Waals surface area contributed by atoms with Gasteiger partial charge in [-0.15, -0.1) is 0 Å². The number of unbranched alkanes of at least 4 members (excludes halogenated alkanes) is 1. The van der Waals surface area contributed by atoms with Crippen molar-refractivity contribution in [2.45, 2.75) is 45.2 Å². The molecule has 0 aliphatic heterocycles. The van der Waals surface area contributed by atoms with Gasteiger partial charge in [-0.2, -0.15) is 0 Å². The molecular weight excluding hydrogens is 443 g/mol. The van der Waals surface area contributed by atoms with Gasteiger partial charge in [0.1, 0.15) is 17.6 Å². The minimum atomic E-state index is -0.778. The number of carbonyl (C=O) groups excluding carboxylic acids is 2. The second-order valence-electron chi connectivity index (χ2n) is 8.49. The zero-order chi connectivity index (χ0) is 25.0. The highest BCUT2D eigenvalue weighted by atomic mass is 19.1. The maximum atomic E-state index is 14.6. The van der Waals surface area contributed by atoms with E-state index in [9.17, 15) is 14.0 Å². The number of amides is 2. The highest BCUT2D eigenvalue weighted by Crippen LogP contribution is 2.19. The van der Waals surface area contributed by atoms with Gasteiger partial charge in [0.25, 0.3) is 0 Å². The van der Waals surface area contributed by atoms with Gasteiger partial charge in [-0.05, 0) is 35.7 Å². The van der Waals surface area contributed by atoms with Crippen molar-refractivity contribution in [3.8, 4) is 5.75 Å². The number of carbonyl (C=O) groups is 2. The highest BCUT2D eigenvalue weighted by molar-refractivity contribution is 5.88. The SMILES string of the molecule is CCCCNC(=O)C(Cc1ccccc1)N(Cc1ccccc1F)C(=O)Cc1ccc(OC)cc1. The third-order valence-corrected chi connectivity index (χ3v) is 5.91. The van der Waals surface area contributed by atoms with Crippen LogP contribution in [0.25, 0.3) is 0 Å². The van der Waals surface area contributed by atoms with Crippen LogP contribution in [0.4, 0.5) is 4.39 Å².